The molecule has 2 N–H and O–H groups in total. The van der Waals surface area contributed by atoms with E-state index in [1.807, 2.05) is 42.5 Å². The number of nitrogens with zero attached hydrogens (tertiary/aromatic N) is 3. The van der Waals surface area contributed by atoms with Gasteiger partial charge in [0.05, 0.1) is 24.0 Å². The van der Waals surface area contributed by atoms with Gasteiger partial charge in [-0.15, -0.1) is 0 Å². The second-order valence-corrected chi connectivity index (χ2v) is 9.89. The standard InChI is InChI=1S/C27H35N5O2/c1-27(2,3)24-17-25(32(30-24)21-13-9-6-10-14-21)29-26(33)28-23-19-31(15-16-34-4)18-22(23)20-11-7-5-8-12-20/h5-14,17,22-23H,15-16,18-19H2,1-4H3,(H2,28,29,33)/t22-,23+/m0/s1. The summed E-state index contributed by atoms with van der Waals surface area (Å²) in [5.41, 5.74) is 2.91. The van der Waals surface area contributed by atoms with Gasteiger partial charge in [-0.3, -0.25) is 10.2 Å². The SMILES string of the molecule is COCCN1C[C@@H](NC(=O)Nc2cc(C(C)(C)C)nn2-c2ccccc2)[C@H](c2ccccc2)C1. The van der Waals surface area contributed by atoms with Gasteiger partial charge in [0.25, 0.3) is 0 Å². The van der Waals surface area contributed by atoms with E-state index in [2.05, 4.69) is 60.6 Å². The average molecular weight is 462 g/mol. The van der Waals surface area contributed by atoms with Gasteiger partial charge in [-0.2, -0.15) is 5.10 Å². The molecule has 0 bridgehead atoms. The number of methoxy groups -OCH3 is 1. The molecule has 2 heterocycles. The highest BCUT2D eigenvalue weighted by Gasteiger charge is 2.34. The number of aromatic nitrogens is 2. The summed E-state index contributed by atoms with van der Waals surface area (Å²) in [6, 6.07) is 22.0. The fraction of sp³-hybridized carbons (Fsp3) is 0.407. The number of rotatable bonds is 7. The summed E-state index contributed by atoms with van der Waals surface area (Å²) in [7, 11) is 1.72. The highest BCUT2D eigenvalue weighted by molar-refractivity contribution is 5.89. The second-order valence-electron chi connectivity index (χ2n) is 9.89. The first-order valence-corrected chi connectivity index (χ1v) is 11.8. The van der Waals surface area contributed by atoms with Gasteiger partial charge in [-0.25, -0.2) is 9.48 Å². The number of ether oxygens (including phenoxy) is 1. The summed E-state index contributed by atoms with van der Waals surface area (Å²) in [4.78, 5) is 15.5. The molecular weight excluding hydrogens is 426 g/mol. The number of hydrogen-bond donors (Lipinski definition) is 2. The number of carbonyl (C=O) groups excluding carboxylic acids is 1. The predicted molar refractivity (Wildman–Crippen MR) is 136 cm³/mol. The molecule has 0 radical (unpaired) electrons. The molecule has 1 aliphatic rings. The van der Waals surface area contributed by atoms with Gasteiger partial charge >= 0.3 is 6.03 Å². The largest absolute Gasteiger partial charge is 0.383 e. The van der Waals surface area contributed by atoms with Crippen molar-refractivity contribution >= 4 is 11.8 Å². The molecule has 4 rings (SSSR count). The number of anilines is 1. The summed E-state index contributed by atoms with van der Waals surface area (Å²) in [6.45, 7) is 9.53. The molecule has 0 spiro atoms. The third-order valence-corrected chi connectivity index (χ3v) is 6.27. The quantitative estimate of drug-likeness (QED) is 0.547. The van der Waals surface area contributed by atoms with Gasteiger partial charge in [0.2, 0.25) is 0 Å². The topological polar surface area (TPSA) is 71.4 Å². The number of amides is 2. The van der Waals surface area contributed by atoms with Crippen LogP contribution >= 0.6 is 0 Å². The third-order valence-electron chi connectivity index (χ3n) is 6.27. The second kappa shape index (κ2) is 10.4. The summed E-state index contributed by atoms with van der Waals surface area (Å²) in [6.07, 6.45) is 0. The summed E-state index contributed by atoms with van der Waals surface area (Å²) in [5.74, 6) is 0.868. The normalized spacial score (nSPS) is 18.7. The smallest absolute Gasteiger partial charge is 0.320 e. The highest BCUT2D eigenvalue weighted by Crippen LogP contribution is 2.29. The van der Waals surface area contributed by atoms with Gasteiger partial charge < -0.3 is 10.1 Å². The summed E-state index contributed by atoms with van der Waals surface area (Å²) in [5, 5.41) is 11.1. The van der Waals surface area contributed by atoms with E-state index in [9.17, 15) is 4.79 Å². The molecule has 1 fully saturated rings. The van der Waals surface area contributed by atoms with E-state index >= 15 is 0 Å². The van der Waals surface area contributed by atoms with Crippen LogP contribution in [0.25, 0.3) is 5.69 Å². The van der Waals surface area contributed by atoms with Crippen molar-refractivity contribution in [2.24, 2.45) is 0 Å². The van der Waals surface area contributed by atoms with Crippen LogP contribution < -0.4 is 10.6 Å². The molecule has 2 atom stereocenters. The molecule has 2 amide bonds. The Hall–Kier alpha value is -3.16. The molecule has 7 nitrogen and oxygen atoms in total. The van der Waals surface area contributed by atoms with Crippen LogP contribution in [-0.4, -0.2) is 60.1 Å². The zero-order valence-corrected chi connectivity index (χ0v) is 20.5. The lowest BCUT2D eigenvalue weighted by atomic mass is 9.92. The van der Waals surface area contributed by atoms with Gasteiger partial charge in [-0.1, -0.05) is 69.3 Å². The molecule has 0 aliphatic carbocycles. The molecule has 180 valence electrons. The Balaban J connectivity index is 1.53. The fourth-order valence-electron chi connectivity index (χ4n) is 4.40. The Morgan fingerprint density at radius 3 is 2.38 bits per heavy atom. The van der Waals surface area contributed by atoms with Gasteiger partial charge in [0.1, 0.15) is 5.82 Å². The molecule has 7 heteroatoms. The van der Waals surface area contributed by atoms with Crippen LogP contribution in [0.5, 0.6) is 0 Å². The van der Waals surface area contributed by atoms with E-state index < -0.39 is 0 Å². The van der Waals surface area contributed by atoms with Crippen LogP contribution in [-0.2, 0) is 10.2 Å². The first kappa shape index (κ1) is 24.0. The van der Waals surface area contributed by atoms with Crippen LogP contribution in [0.1, 0.15) is 37.9 Å². The van der Waals surface area contributed by atoms with Gasteiger partial charge in [-0.05, 0) is 17.7 Å². The van der Waals surface area contributed by atoms with E-state index in [1.54, 1.807) is 11.8 Å². The summed E-state index contributed by atoms with van der Waals surface area (Å²) < 4.78 is 7.07. The molecule has 1 aromatic heterocycles. The van der Waals surface area contributed by atoms with Crippen molar-refractivity contribution in [1.29, 1.82) is 0 Å². The average Bonchev–Trinajstić information content (AvgIpc) is 3.43. The number of para-hydroxylation sites is 1. The van der Waals surface area contributed by atoms with Crippen LogP contribution in [0.15, 0.2) is 66.7 Å². The van der Waals surface area contributed by atoms with Crippen molar-refractivity contribution in [2.45, 2.75) is 38.1 Å². The van der Waals surface area contributed by atoms with Crippen LogP contribution in [0, 0.1) is 0 Å². The van der Waals surface area contributed by atoms with Crippen molar-refractivity contribution in [1.82, 2.24) is 20.0 Å². The van der Waals surface area contributed by atoms with E-state index in [1.165, 1.54) is 5.56 Å². The number of urea groups is 1. The molecular formula is C27H35N5O2. The zero-order valence-electron chi connectivity index (χ0n) is 20.5. The fourth-order valence-corrected chi connectivity index (χ4v) is 4.40. The Bertz CT molecular complexity index is 1080. The van der Waals surface area contributed by atoms with Crippen LogP contribution in [0.3, 0.4) is 0 Å². The van der Waals surface area contributed by atoms with Crippen LogP contribution in [0.4, 0.5) is 10.6 Å². The minimum Gasteiger partial charge on any atom is -0.383 e. The Labute approximate surface area is 202 Å². The number of carbonyl (C=O) groups is 1. The predicted octanol–water partition coefficient (Wildman–Crippen LogP) is 4.41. The maximum Gasteiger partial charge on any atom is 0.320 e. The first-order chi connectivity index (χ1) is 16.3. The van der Waals surface area contributed by atoms with E-state index in [0.717, 1.165) is 31.0 Å². The lowest BCUT2D eigenvalue weighted by molar-refractivity contribution is 0.159. The molecule has 3 aromatic rings. The van der Waals surface area contributed by atoms with E-state index in [-0.39, 0.29) is 23.4 Å². The number of hydrogen-bond acceptors (Lipinski definition) is 4. The Kier molecular flexibility index (Phi) is 7.34. The molecule has 34 heavy (non-hydrogen) atoms. The van der Waals surface area contributed by atoms with Crippen molar-refractivity contribution in [3.63, 3.8) is 0 Å². The monoisotopic (exact) mass is 461 g/mol. The van der Waals surface area contributed by atoms with Crippen molar-refractivity contribution in [3.8, 4) is 5.69 Å². The third kappa shape index (κ3) is 5.66. The lowest BCUT2D eigenvalue weighted by Gasteiger charge is -2.20. The molecule has 0 saturated carbocycles. The molecule has 0 unspecified atom stereocenters. The number of likely N-dealkylation sites (tertiary alicyclic amines) is 1. The van der Waals surface area contributed by atoms with Crippen molar-refractivity contribution in [3.05, 3.63) is 78.0 Å². The molecule has 1 saturated heterocycles. The highest BCUT2D eigenvalue weighted by atomic mass is 16.5. The number of benzene rings is 2. The van der Waals surface area contributed by atoms with Crippen LogP contribution in [0.2, 0.25) is 0 Å². The first-order valence-electron chi connectivity index (χ1n) is 11.8. The van der Waals surface area contributed by atoms with Crippen molar-refractivity contribution < 1.29 is 9.53 Å². The maximum absolute atomic E-state index is 13.2. The molecule has 1 aliphatic heterocycles. The minimum atomic E-state index is -0.225. The van der Waals surface area contributed by atoms with Gasteiger partial charge in [0, 0.05) is 44.1 Å². The van der Waals surface area contributed by atoms with Gasteiger partial charge in [0.15, 0.2) is 0 Å². The lowest BCUT2D eigenvalue weighted by Crippen LogP contribution is -2.42. The maximum atomic E-state index is 13.2. The minimum absolute atomic E-state index is 0.00515. The Morgan fingerprint density at radius 1 is 1.06 bits per heavy atom. The molecule has 2 aromatic carbocycles. The van der Waals surface area contributed by atoms with E-state index in [0.29, 0.717) is 12.4 Å². The van der Waals surface area contributed by atoms with Crippen molar-refractivity contribution in [2.75, 3.05) is 38.7 Å². The Morgan fingerprint density at radius 2 is 1.74 bits per heavy atom. The number of nitrogens with one attached hydrogen (secondary N) is 2. The summed E-state index contributed by atoms with van der Waals surface area (Å²) >= 11 is 0. The zero-order chi connectivity index (χ0) is 24.1. The van der Waals surface area contributed by atoms with E-state index in [4.69, 9.17) is 9.84 Å².